The number of hydrogen-bond acceptors (Lipinski definition) is 7. The van der Waals surface area contributed by atoms with Gasteiger partial charge in [0.05, 0.1) is 30.5 Å². The molecule has 0 saturated carbocycles. The van der Waals surface area contributed by atoms with Gasteiger partial charge in [-0.3, -0.25) is 9.69 Å². The minimum Gasteiger partial charge on any atom is -0.490 e. The number of amides is 1. The molecule has 2 aliphatic rings. The highest BCUT2D eigenvalue weighted by atomic mass is 32.2. The number of rotatable bonds is 8. The molecule has 30 heavy (non-hydrogen) atoms. The fourth-order valence-corrected chi connectivity index (χ4v) is 4.43. The molecule has 1 atom stereocenters. The molecule has 7 nitrogen and oxygen atoms in total. The van der Waals surface area contributed by atoms with Gasteiger partial charge in [0.15, 0.2) is 16.7 Å². The van der Waals surface area contributed by atoms with Gasteiger partial charge in [0.2, 0.25) is 5.91 Å². The summed E-state index contributed by atoms with van der Waals surface area (Å²) >= 11 is 1.51. The minimum atomic E-state index is -0.648. The van der Waals surface area contributed by atoms with Crippen molar-refractivity contribution in [2.24, 2.45) is 4.99 Å². The monoisotopic (exact) mass is 430 g/mol. The molecule has 2 heterocycles. The van der Waals surface area contributed by atoms with Crippen LogP contribution in [-0.2, 0) is 14.3 Å². The smallest absolute Gasteiger partial charge is 0.338 e. The summed E-state index contributed by atoms with van der Waals surface area (Å²) in [7, 11) is 0. The average molecular weight is 431 g/mol. The molecule has 2 aliphatic heterocycles. The molecule has 0 radical (unpaired) electrons. The number of fused-ring (bicyclic) bond motifs is 1. The maximum atomic E-state index is 12.9. The Morgan fingerprint density at radius 3 is 2.73 bits per heavy atom. The number of esters is 1. The third-order valence-corrected chi connectivity index (χ3v) is 5.60. The lowest BCUT2D eigenvalue weighted by Gasteiger charge is -2.39. The lowest BCUT2D eigenvalue weighted by Crippen LogP contribution is -2.45. The van der Waals surface area contributed by atoms with Crippen molar-refractivity contribution in [2.75, 3.05) is 25.6 Å². The van der Waals surface area contributed by atoms with Gasteiger partial charge in [0.25, 0.3) is 0 Å². The van der Waals surface area contributed by atoms with E-state index in [-0.39, 0.29) is 12.5 Å². The van der Waals surface area contributed by atoms with Crippen molar-refractivity contribution in [3.8, 4) is 11.5 Å². The van der Waals surface area contributed by atoms with Gasteiger partial charge < -0.3 is 14.2 Å². The number of allylic oxidation sites excluding steroid dienone is 1. The van der Waals surface area contributed by atoms with Crippen LogP contribution in [0.15, 0.2) is 47.1 Å². The van der Waals surface area contributed by atoms with E-state index in [1.54, 1.807) is 17.9 Å². The van der Waals surface area contributed by atoms with E-state index in [4.69, 9.17) is 14.2 Å². The Kier molecular flexibility index (Phi) is 7.20. The van der Waals surface area contributed by atoms with Crippen LogP contribution in [0.1, 0.15) is 38.8 Å². The van der Waals surface area contributed by atoms with E-state index in [0.717, 1.165) is 5.56 Å². The van der Waals surface area contributed by atoms with Gasteiger partial charge in [0.1, 0.15) is 6.61 Å². The molecule has 0 aromatic heterocycles. The molecule has 0 unspecified atom stereocenters. The molecule has 1 saturated heterocycles. The van der Waals surface area contributed by atoms with Crippen LogP contribution in [0.5, 0.6) is 11.5 Å². The number of amidine groups is 1. The largest absolute Gasteiger partial charge is 0.490 e. The first-order valence-corrected chi connectivity index (χ1v) is 10.9. The Labute approximate surface area is 180 Å². The number of benzene rings is 1. The molecule has 1 aromatic carbocycles. The minimum absolute atomic E-state index is 0.0779. The van der Waals surface area contributed by atoms with Gasteiger partial charge in [-0.05, 0) is 38.5 Å². The van der Waals surface area contributed by atoms with Crippen LogP contribution in [0.2, 0.25) is 0 Å². The van der Waals surface area contributed by atoms with Crippen LogP contribution >= 0.6 is 11.8 Å². The van der Waals surface area contributed by atoms with Crippen molar-refractivity contribution < 1.29 is 23.8 Å². The fourth-order valence-electron chi connectivity index (χ4n) is 3.42. The zero-order valence-corrected chi connectivity index (χ0v) is 18.3. The summed E-state index contributed by atoms with van der Waals surface area (Å²) in [5.74, 6) is 1.25. The van der Waals surface area contributed by atoms with Crippen molar-refractivity contribution in [2.45, 2.75) is 33.2 Å². The quantitative estimate of drug-likeness (QED) is 0.460. The van der Waals surface area contributed by atoms with E-state index in [0.29, 0.717) is 53.3 Å². The van der Waals surface area contributed by atoms with Gasteiger partial charge in [0, 0.05) is 12.2 Å². The van der Waals surface area contributed by atoms with Crippen molar-refractivity contribution in [3.05, 3.63) is 47.7 Å². The van der Waals surface area contributed by atoms with E-state index >= 15 is 0 Å². The number of carbonyl (C=O) groups excluding carboxylic acids is 2. The van der Waals surface area contributed by atoms with Gasteiger partial charge in [-0.2, -0.15) is 0 Å². The molecule has 1 aromatic rings. The van der Waals surface area contributed by atoms with Crippen LogP contribution in [0.25, 0.3) is 0 Å². The Bertz CT molecular complexity index is 909. The molecule has 0 spiro atoms. The lowest BCUT2D eigenvalue weighted by atomic mass is 9.93. The summed E-state index contributed by atoms with van der Waals surface area (Å²) in [6.45, 7) is 10.2. The van der Waals surface area contributed by atoms with Crippen molar-refractivity contribution >= 4 is 28.8 Å². The molecule has 0 bridgehead atoms. The SMILES string of the molecule is C=CCOC(=O)C1=C(C)N=C2SCCC(=O)N2[C@@H]1c1ccc(OCC)c(OCC)c1. The number of ether oxygens (including phenoxy) is 3. The van der Waals surface area contributed by atoms with E-state index < -0.39 is 12.0 Å². The Hall–Kier alpha value is -2.74. The van der Waals surface area contributed by atoms with Crippen molar-refractivity contribution in [1.29, 1.82) is 0 Å². The molecule has 160 valence electrons. The highest BCUT2D eigenvalue weighted by Gasteiger charge is 2.41. The van der Waals surface area contributed by atoms with Crippen LogP contribution in [-0.4, -0.2) is 47.5 Å². The molecule has 1 amide bonds. The van der Waals surface area contributed by atoms with Gasteiger partial charge >= 0.3 is 5.97 Å². The predicted molar refractivity (Wildman–Crippen MR) is 117 cm³/mol. The number of thioether (sulfide) groups is 1. The summed E-state index contributed by atoms with van der Waals surface area (Å²) in [6, 6.07) is 4.83. The second-order valence-electron chi connectivity index (χ2n) is 6.62. The van der Waals surface area contributed by atoms with Crippen LogP contribution in [0.4, 0.5) is 0 Å². The Morgan fingerprint density at radius 1 is 1.30 bits per heavy atom. The van der Waals surface area contributed by atoms with Crippen LogP contribution < -0.4 is 9.47 Å². The normalized spacial score (nSPS) is 18.5. The highest BCUT2D eigenvalue weighted by Crippen LogP contribution is 2.42. The Balaban J connectivity index is 2.12. The number of nitrogens with zero attached hydrogens (tertiary/aromatic N) is 2. The second kappa shape index (κ2) is 9.84. The molecule has 0 aliphatic carbocycles. The third-order valence-electron chi connectivity index (χ3n) is 4.64. The molecular weight excluding hydrogens is 404 g/mol. The zero-order chi connectivity index (χ0) is 21.7. The topological polar surface area (TPSA) is 77.4 Å². The van der Waals surface area contributed by atoms with Crippen molar-refractivity contribution in [1.82, 2.24) is 4.90 Å². The maximum Gasteiger partial charge on any atom is 0.338 e. The van der Waals surface area contributed by atoms with Crippen molar-refractivity contribution in [3.63, 3.8) is 0 Å². The molecule has 1 fully saturated rings. The zero-order valence-electron chi connectivity index (χ0n) is 17.5. The number of hydrogen-bond donors (Lipinski definition) is 0. The number of carbonyl (C=O) groups is 2. The molecule has 8 heteroatoms. The van der Waals surface area contributed by atoms with Gasteiger partial charge in [-0.1, -0.05) is 30.5 Å². The van der Waals surface area contributed by atoms with Gasteiger partial charge in [-0.25, -0.2) is 9.79 Å². The van der Waals surface area contributed by atoms with E-state index in [9.17, 15) is 9.59 Å². The van der Waals surface area contributed by atoms with E-state index in [1.807, 2.05) is 26.0 Å². The maximum absolute atomic E-state index is 12.9. The predicted octanol–water partition coefficient (Wildman–Crippen LogP) is 3.86. The highest BCUT2D eigenvalue weighted by molar-refractivity contribution is 8.14. The first-order chi connectivity index (χ1) is 14.5. The summed E-state index contributed by atoms with van der Waals surface area (Å²) in [5, 5.41) is 0.598. The summed E-state index contributed by atoms with van der Waals surface area (Å²) in [4.78, 5) is 31.9. The van der Waals surface area contributed by atoms with Crippen LogP contribution in [0.3, 0.4) is 0 Å². The Morgan fingerprint density at radius 2 is 2.03 bits per heavy atom. The standard InChI is InChI=1S/C22H26N2O5S/c1-5-11-29-21(26)19-14(4)23-22-24(18(25)10-12-30-22)20(19)15-8-9-16(27-6-2)17(13-15)28-7-3/h5,8-9,13,20H,1,6-7,10-12H2,2-4H3/t20-/m1/s1. The summed E-state index contributed by atoms with van der Waals surface area (Å²) in [5.41, 5.74) is 1.60. The molecular formula is C22H26N2O5S. The van der Waals surface area contributed by atoms with E-state index in [2.05, 4.69) is 11.6 Å². The molecule has 0 N–H and O–H groups in total. The van der Waals surface area contributed by atoms with E-state index in [1.165, 1.54) is 17.8 Å². The average Bonchev–Trinajstić information content (AvgIpc) is 2.73. The first kappa shape index (κ1) is 22.0. The van der Waals surface area contributed by atoms with Gasteiger partial charge in [-0.15, -0.1) is 0 Å². The first-order valence-electron chi connectivity index (χ1n) is 9.93. The summed E-state index contributed by atoms with van der Waals surface area (Å²) < 4.78 is 16.7. The fraction of sp³-hybridized carbons (Fsp3) is 0.409. The lowest BCUT2D eigenvalue weighted by molar-refractivity contribution is -0.139. The van der Waals surface area contributed by atoms with Crippen LogP contribution in [0, 0.1) is 0 Å². The second-order valence-corrected chi connectivity index (χ2v) is 7.68. The summed E-state index contributed by atoms with van der Waals surface area (Å²) in [6.07, 6.45) is 1.88. The third kappa shape index (κ3) is 4.38. The molecule has 3 rings (SSSR count). The number of aliphatic imine (C=N–C) groups is 1.